The molecule has 0 fully saturated rings. The molecule has 0 aliphatic rings. The second kappa shape index (κ2) is 6.18. The van der Waals surface area contributed by atoms with Gasteiger partial charge in [-0.2, -0.15) is 0 Å². The lowest BCUT2D eigenvalue weighted by Crippen LogP contribution is -2.28. The quantitative estimate of drug-likeness (QED) is 0.848. The highest BCUT2D eigenvalue weighted by Crippen LogP contribution is 2.18. The van der Waals surface area contributed by atoms with E-state index in [0.717, 1.165) is 11.5 Å². The summed E-state index contributed by atoms with van der Waals surface area (Å²) in [5, 5.41) is 6.55. The van der Waals surface area contributed by atoms with Crippen molar-refractivity contribution in [3.8, 4) is 0 Å². The zero-order chi connectivity index (χ0) is 13.8. The van der Waals surface area contributed by atoms with E-state index in [1.807, 2.05) is 19.1 Å². The van der Waals surface area contributed by atoms with Gasteiger partial charge in [0, 0.05) is 0 Å². The summed E-state index contributed by atoms with van der Waals surface area (Å²) in [5.41, 5.74) is 0. The summed E-state index contributed by atoms with van der Waals surface area (Å²) >= 11 is 16.6. The van der Waals surface area contributed by atoms with Crippen molar-refractivity contribution >= 4 is 46.4 Å². The minimum atomic E-state index is 0.158. The van der Waals surface area contributed by atoms with Gasteiger partial charge in [-0.15, -0.1) is 0 Å². The van der Waals surface area contributed by atoms with Crippen LogP contribution < -0.4 is 10.6 Å². The normalized spacial score (nSPS) is 10.3. The third-order valence-corrected chi connectivity index (χ3v) is 2.84. The van der Waals surface area contributed by atoms with Crippen molar-refractivity contribution in [1.29, 1.82) is 0 Å². The second-order valence-electron chi connectivity index (χ2n) is 3.65. The summed E-state index contributed by atoms with van der Waals surface area (Å²) < 4.78 is 5.40. The predicted octanol–water partition coefficient (Wildman–Crippen LogP) is 3.17. The summed E-state index contributed by atoms with van der Waals surface area (Å²) in [7, 11) is 0. The summed E-state index contributed by atoms with van der Waals surface area (Å²) in [4.78, 5) is 7.84. The standard InChI is InChI=1S/C11H10Cl2N4OS/c1-6-2-3-7(18-6)4-15-11(19)17-10-9(13)16-8(12)5-14-10/h2-3,5H,4H2,1H3,(H2,14,15,17,19). The van der Waals surface area contributed by atoms with E-state index in [-0.39, 0.29) is 10.3 Å². The van der Waals surface area contributed by atoms with E-state index < -0.39 is 0 Å². The number of nitrogens with zero attached hydrogens (tertiary/aromatic N) is 2. The Balaban J connectivity index is 1.90. The Morgan fingerprint density at radius 2 is 2.21 bits per heavy atom. The molecule has 0 unspecified atom stereocenters. The molecule has 0 amide bonds. The molecule has 0 radical (unpaired) electrons. The number of nitrogens with one attached hydrogen (secondary N) is 2. The van der Waals surface area contributed by atoms with E-state index in [2.05, 4.69) is 20.6 Å². The number of aryl methyl sites for hydroxylation is 1. The molecule has 8 heteroatoms. The first-order valence-electron chi connectivity index (χ1n) is 5.33. The first kappa shape index (κ1) is 14.0. The lowest BCUT2D eigenvalue weighted by molar-refractivity contribution is 0.478. The van der Waals surface area contributed by atoms with E-state index in [9.17, 15) is 0 Å². The molecule has 0 spiro atoms. The smallest absolute Gasteiger partial charge is 0.173 e. The van der Waals surface area contributed by atoms with Gasteiger partial charge in [0.15, 0.2) is 16.1 Å². The molecule has 0 saturated heterocycles. The van der Waals surface area contributed by atoms with Crippen molar-refractivity contribution in [3.05, 3.63) is 40.2 Å². The zero-order valence-electron chi connectivity index (χ0n) is 9.91. The monoisotopic (exact) mass is 316 g/mol. The maximum absolute atomic E-state index is 5.87. The molecule has 2 rings (SSSR count). The van der Waals surface area contributed by atoms with E-state index in [1.54, 1.807) is 0 Å². The van der Waals surface area contributed by atoms with Crippen LogP contribution in [0.4, 0.5) is 5.82 Å². The predicted molar refractivity (Wildman–Crippen MR) is 78.6 cm³/mol. The summed E-state index contributed by atoms with van der Waals surface area (Å²) in [6.45, 7) is 2.35. The van der Waals surface area contributed by atoms with Gasteiger partial charge >= 0.3 is 0 Å². The maximum atomic E-state index is 5.87. The minimum Gasteiger partial charge on any atom is -0.465 e. The van der Waals surface area contributed by atoms with Crippen LogP contribution in [0.5, 0.6) is 0 Å². The number of rotatable bonds is 3. The van der Waals surface area contributed by atoms with E-state index >= 15 is 0 Å². The molecule has 0 aromatic carbocycles. The van der Waals surface area contributed by atoms with Gasteiger partial charge in [-0.3, -0.25) is 0 Å². The topological polar surface area (TPSA) is 63.0 Å². The molecular weight excluding hydrogens is 307 g/mol. The number of anilines is 1. The molecule has 100 valence electrons. The lowest BCUT2D eigenvalue weighted by Gasteiger charge is -2.09. The fourth-order valence-corrected chi connectivity index (χ4v) is 1.86. The zero-order valence-corrected chi connectivity index (χ0v) is 12.2. The first-order valence-corrected chi connectivity index (χ1v) is 6.49. The Morgan fingerprint density at radius 1 is 1.42 bits per heavy atom. The van der Waals surface area contributed by atoms with Crippen LogP contribution in [-0.4, -0.2) is 15.1 Å². The Labute approximate surface area is 125 Å². The number of furan rings is 1. The summed E-state index contributed by atoms with van der Waals surface area (Å²) in [5.74, 6) is 1.98. The van der Waals surface area contributed by atoms with Gasteiger partial charge in [-0.05, 0) is 31.3 Å². The molecule has 0 aliphatic carbocycles. The number of hydrogen-bond donors (Lipinski definition) is 2. The highest BCUT2D eigenvalue weighted by molar-refractivity contribution is 7.80. The van der Waals surface area contributed by atoms with Crippen molar-refractivity contribution in [1.82, 2.24) is 15.3 Å². The number of aromatic nitrogens is 2. The Bertz CT molecular complexity index is 602. The van der Waals surface area contributed by atoms with Crippen LogP contribution in [0.25, 0.3) is 0 Å². The van der Waals surface area contributed by atoms with Crippen LogP contribution in [0.15, 0.2) is 22.7 Å². The van der Waals surface area contributed by atoms with Crippen LogP contribution in [0.1, 0.15) is 11.5 Å². The largest absolute Gasteiger partial charge is 0.465 e. The fourth-order valence-electron chi connectivity index (χ4n) is 1.33. The van der Waals surface area contributed by atoms with Crippen LogP contribution >= 0.6 is 35.4 Å². The van der Waals surface area contributed by atoms with Crippen molar-refractivity contribution in [3.63, 3.8) is 0 Å². The highest BCUT2D eigenvalue weighted by atomic mass is 35.5. The molecule has 19 heavy (non-hydrogen) atoms. The first-order chi connectivity index (χ1) is 9.04. The van der Waals surface area contributed by atoms with Gasteiger partial charge in [-0.1, -0.05) is 23.2 Å². The van der Waals surface area contributed by atoms with Crippen molar-refractivity contribution in [2.45, 2.75) is 13.5 Å². The molecule has 0 atom stereocenters. The molecule has 2 aromatic heterocycles. The van der Waals surface area contributed by atoms with Gasteiger partial charge < -0.3 is 15.1 Å². The van der Waals surface area contributed by atoms with Crippen LogP contribution in [0, 0.1) is 6.92 Å². The third kappa shape index (κ3) is 4.05. The molecule has 0 bridgehead atoms. The SMILES string of the molecule is Cc1ccc(CNC(=S)Nc2ncc(Cl)nc2Cl)o1. The van der Waals surface area contributed by atoms with Gasteiger partial charge in [0.25, 0.3) is 0 Å². The number of halogens is 2. The van der Waals surface area contributed by atoms with Crippen molar-refractivity contribution < 1.29 is 4.42 Å². The summed E-state index contributed by atoms with van der Waals surface area (Å²) in [6, 6.07) is 3.76. The van der Waals surface area contributed by atoms with Crippen LogP contribution in [0.3, 0.4) is 0 Å². The second-order valence-corrected chi connectivity index (χ2v) is 4.81. The minimum absolute atomic E-state index is 0.158. The molecule has 2 N–H and O–H groups in total. The fraction of sp³-hybridized carbons (Fsp3) is 0.182. The molecule has 5 nitrogen and oxygen atoms in total. The molecule has 2 heterocycles. The summed E-state index contributed by atoms with van der Waals surface area (Å²) in [6.07, 6.45) is 1.38. The van der Waals surface area contributed by atoms with Gasteiger partial charge in [0.2, 0.25) is 0 Å². The molecule has 0 saturated carbocycles. The van der Waals surface area contributed by atoms with E-state index in [0.29, 0.717) is 17.5 Å². The molecule has 2 aromatic rings. The Hall–Kier alpha value is -1.37. The average molecular weight is 317 g/mol. The molecule has 0 aliphatic heterocycles. The Kier molecular flexibility index (Phi) is 4.57. The van der Waals surface area contributed by atoms with E-state index in [4.69, 9.17) is 39.8 Å². The number of hydrogen-bond acceptors (Lipinski definition) is 4. The average Bonchev–Trinajstić information content (AvgIpc) is 2.76. The third-order valence-electron chi connectivity index (χ3n) is 2.15. The van der Waals surface area contributed by atoms with Crippen molar-refractivity contribution in [2.75, 3.05) is 5.32 Å². The van der Waals surface area contributed by atoms with Crippen LogP contribution in [-0.2, 0) is 6.54 Å². The van der Waals surface area contributed by atoms with Crippen LogP contribution in [0.2, 0.25) is 10.3 Å². The lowest BCUT2D eigenvalue weighted by atomic mass is 10.4. The van der Waals surface area contributed by atoms with Gasteiger partial charge in [-0.25, -0.2) is 9.97 Å². The maximum Gasteiger partial charge on any atom is 0.173 e. The molecular formula is C11H10Cl2N4OS. The van der Waals surface area contributed by atoms with Crippen molar-refractivity contribution in [2.24, 2.45) is 0 Å². The van der Waals surface area contributed by atoms with Gasteiger partial charge in [0.05, 0.1) is 12.7 Å². The van der Waals surface area contributed by atoms with E-state index in [1.165, 1.54) is 6.20 Å². The number of thiocarbonyl (C=S) groups is 1. The highest BCUT2D eigenvalue weighted by Gasteiger charge is 2.07. The Morgan fingerprint density at radius 3 is 2.84 bits per heavy atom. The van der Waals surface area contributed by atoms with Gasteiger partial charge in [0.1, 0.15) is 16.7 Å².